The molecule has 0 spiro atoms. The zero-order valence-corrected chi connectivity index (χ0v) is 10.6. The quantitative estimate of drug-likeness (QED) is 0.567. The summed E-state index contributed by atoms with van der Waals surface area (Å²) in [6.45, 7) is 4.81. The van der Waals surface area contributed by atoms with Gasteiger partial charge in [-0.3, -0.25) is 0 Å². The van der Waals surface area contributed by atoms with E-state index in [1.807, 2.05) is 0 Å². The molecule has 76 valence electrons. The first kappa shape index (κ1) is 10.4. The second-order valence-electron chi connectivity index (χ2n) is 4.15. The fraction of sp³-hybridized carbons (Fsp3) is 0.500. The Morgan fingerprint density at radius 3 is 2.64 bits per heavy atom. The average Bonchev–Trinajstić information content (AvgIpc) is 2.19. The Labute approximate surface area is 100.0 Å². The zero-order chi connectivity index (χ0) is 9.97. The first-order valence-electron chi connectivity index (χ1n) is 5.23. The number of benzene rings is 1. The molecule has 0 unspecified atom stereocenters. The lowest BCUT2D eigenvalue weighted by Crippen LogP contribution is -2.31. The van der Waals surface area contributed by atoms with Crippen LogP contribution in [-0.2, 0) is 0 Å². The van der Waals surface area contributed by atoms with Crippen molar-refractivity contribution in [3.05, 3.63) is 35.9 Å². The molecular weight excluding hydrogens is 285 g/mol. The maximum atomic E-state index is 2.43. The van der Waals surface area contributed by atoms with Crippen molar-refractivity contribution < 1.29 is 0 Å². The summed E-state index contributed by atoms with van der Waals surface area (Å²) in [5.41, 5.74) is 1.52. The van der Waals surface area contributed by atoms with E-state index in [0.717, 1.165) is 11.8 Å². The van der Waals surface area contributed by atoms with Gasteiger partial charge >= 0.3 is 0 Å². The van der Waals surface area contributed by atoms with Crippen molar-refractivity contribution in [2.75, 3.05) is 13.1 Å². The van der Waals surface area contributed by atoms with E-state index in [2.05, 4.69) is 63.2 Å². The van der Waals surface area contributed by atoms with Gasteiger partial charge in [-0.2, -0.15) is 0 Å². The van der Waals surface area contributed by atoms with Gasteiger partial charge in [0.05, 0.1) is 0 Å². The van der Waals surface area contributed by atoms with Crippen LogP contribution in [0.2, 0.25) is 0 Å². The molecule has 1 nitrogen and oxygen atoms in total. The highest BCUT2D eigenvalue weighted by Gasteiger charge is 2.25. The van der Waals surface area contributed by atoms with E-state index in [-0.39, 0.29) is 0 Å². The Kier molecular flexibility index (Phi) is 3.44. The molecule has 0 saturated carbocycles. The molecule has 1 saturated heterocycles. The second-order valence-corrected chi connectivity index (χ2v) is 5.52. The van der Waals surface area contributed by atoms with Crippen LogP contribution in [0.4, 0.5) is 0 Å². The van der Waals surface area contributed by atoms with Gasteiger partial charge in [0, 0.05) is 36.0 Å². The fourth-order valence-electron chi connectivity index (χ4n) is 2.29. The van der Waals surface area contributed by atoms with Crippen LogP contribution in [0.15, 0.2) is 30.3 Å². The number of nitrogens with zero attached hydrogens (tertiary/aromatic N) is 1. The Bertz CT molecular complexity index is 286. The molecule has 0 bridgehead atoms. The monoisotopic (exact) mass is 301 g/mol. The Morgan fingerprint density at radius 1 is 1.29 bits per heavy atom. The molecule has 2 atom stereocenters. The third kappa shape index (κ3) is 2.28. The van der Waals surface area contributed by atoms with Crippen LogP contribution in [0.3, 0.4) is 0 Å². The Balaban J connectivity index is 2.12. The molecule has 0 aliphatic carbocycles. The van der Waals surface area contributed by atoms with Crippen LogP contribution in [0.5, 0.6) is 0 Å². The minimum absolute atomic E-state index is 0.766. The summed E-state index contributed by atoms with van der Waals surface area (Å²) < 4.78 is 2.40. The van der Waals surface area contributed by atoms with Gasteiger partial charge in [-0.25, -0.2) is 3.11 Å². The summed E-state index contributed by atoms with van der Waals surface area (Å²) in [6, 6.07) is 10.9. The largest absolute Gasteiger partial charge is 0.247 e. The molecule has 1 aliphatic rings. The standard InChI is InChI=1S/C12H16IN/c1-10-9-14(13)8-7-12(10)11-5-3-2-4-6-11/h2-6,10,12H,7-9H2,1H3/t10-,12+/m1/s1. The SMILES string of the molecule is C[C@@H]1CN(I)CC[C@@H]1c1ccccc1. The van der Waals surface area contributed by atoms with E-state index in [1.165, 1.54) is 25.1 Å². The lowest BCUT2D eigenvalue weighted by atomic mass is 9.82. The highest BCUT2D eigenvalue weighted by atomic mass is 127. The van der Waals surface area contributed by atoms with Crippen molar-refractivity contribution in [1.82, 2.24) is 3.11 Å². The van der Waals surface area contributed by atoms with Gasteiger partial charge in [-0.15, -0.1) is 0 Å². The zero-order valence-electron chi connectivity index (χ0n) is 8.49. The maximum Gasteiger partial charge on any atom is 0.0201 e. The molecule has 1 aromatic carbocycles. The predicted molar refractivity (Wildman–Crippen MR) is 68.6 cm³/mol. The van der Waals surface area contributed by atoms with Crippen LogP contribution < -0.4 is 0 Å². The van der Waals surface area contributed by atoms with Crippen molar-refractivity contribution in [1.29, 1.82) is 0 Å². The lowest BCUT2D eigenvalue weighted by Gasteiger charge is -2.33. The van der Waals surface area contributed by atoms with Gasteiger partial charge in [0.15, 0.2) is 0 Å². The molecule has 1 aromatic rings. The van der Waals surface area contributed by atoms with E-state index < -0.39 is 0 Å². The van der Waals surface area contributed by atoms with Crippen LogP contribution in [-0.4, -0.2) is 16.2 Å². The summed E-state index contributed by atoms with van der Waals surface area (Å²) in [7, 11) is 0. The predicted octanol–water partition coefficient (Wildman–Crippen LogP) is 3.46. The average molecular weight is 301 g/mol. The molecule has 14 heavy (non-hydrogen) atoms. The summed E-state index contributed by atoms with van der Waals surface area (Å²) in [4.78, 5) is 0. The molecule has 0 radical (unpaired) electrons. The van der Waals surface area contributed by atoms with Gasteiger partial charge in [0.2, 0.25) is 0 Å². The number of rotatable bonds is 1. The highest BCUT2D eigenvalue weighted by molar-refractivity contribution is 14.1. The van der Waals surface area contributed by atoms with Gasteiger partial charge in [-0.05, 0) is 23.8 Å². The minimum atomic E-state index is 0.766. The second kappa shape index (κ2) is 4.62. The fourth-order valence-corrected chi connectivity index (χ4v) is 3.19. The Morgan fingerprint density at radius 2 is 2.00 bits per heavy atom. The molecule has 1 heterocycles. The van der Waals surface area contributed by atoms with Crippen LogP contribution in [0.1, 0.15) is 24.8 Å². The van der Waals surface area contributed by atoms with Crippen LogP contribution in [0, 0.1) is 5.92 Å². The van der Waals surface area contributed by atoms with Gasteiger partial charge in [-0.1, -0.05) is 37.3 Å². The third-order valence-electron chi connectivity index (χ3n) is 3.08. The number of hydrogen-bond donors (Lipinski definition) is 0. The maximum absolute atomic E-state index is 2.43. The minimum Gasteiger partial charge on any atom is -0.247 e. The van der Waals surface area contributed by atoms with Crippen molar-refractivity contribution >= 4 is 22.9 Å². The first-order chi connectivity index (χ1) is 6.77. The number of hydrogen-bond acceptors (Lipinski definition) is 1. The van der Waals surface area contributed by atoms with E-state index in [4.69, 9.17) is 0 Å². The van der Waals surface area contributed by atoms with Crippen molar-refractivity contribution in [2.24, 2.45) is 5.92 Å². The van der Waals surface area contributed by atoms with Gasteiger partial charge < -0.3 is 0 Å². The van der Waals surface area contributed by atoms with Crippen molar-refractivity contribution in [3.63, 3.8) is 0 Å². The smallest absolute Gasteiger partial charge is 0.0201 e. The molecule has 1 aliphatic heterocycles. The first-order valence-corrected chi connectivity index (χ1v) is 6.19. The highest BCUT2D eigenvalue weighted by Crippen LogP contribution is 2.33. The summed E-state index contributed by atoms with van der Waals surface area (Å²) in [5.74, 6) is 1.55. The lowest BCUT2D eigenvalue weighted by molar-refractivity contribution is 0.282. The molecule has 2 heteroatoms. The molecule has 1 fully saturated rings. The summed E-state index contributed by atoms with van der Waals surface area (Å²) in [5, 5.41) is 0. The summed E-state index contributed by atoms with van der Waals surface area (Å²) >= 11 is 2.43. The molecule has 0 aromatic heterocycles. The molecule has 0 amide bonds. The summed E-state index contributed by atoms with van der Waals surface area (Å²) in [6.07, 6.45) is 1.30. The van der Waals surface area contributed by atoms with Crippen LogP contribution in [0.25, 0.3) is 0 Å². The Hall–Kier alpha value is -0.0900. The van der Waals surface area contributed by atoms with Gasteiger partial charge in [0.25, 0.3) is 0 Å². The number of halogens is 1. The molecule has 2 rings (SSSR count). The van der Waals surface area contributed by atoms with E-state index in [1.54, 1.807) is 0 Å². The van der Waals surface area contributed by atoms with E-state index in [9.17, 15) is 0 Å². The molecule has 0 N–H and O–H groups in total. The number of piperidine rings is 1. The van der Waals surface area contributed by atoms with Crippen LogP contribution >= 0.6 is 22.9 Å². The van der Waals surface area contributed by atoms with Crippen molar-refractivity contribution in [2.45, 2.75) is 19.3 Å². The van der Waals surface area contributed by atoms with Crippen molar-refractivity contribution in [3.8, 4) is 0 Å². The molecular formula is C12H16IN. The normalized spacial score (nSPS) is 29.0. The van der Waals surface area contributed by atoms with E-state index in [0.29, 0.717) is 0 Å². The van der Waals surface area contributed by atoms with Gasteiger partial charge in [0.1, 0.15) is 0 Å². The topological polar surface area (TPSA) is 3.24 Å². The third-order valence-corrected chi connectivity index (χ3v) is 3.96. The van der Waals surface area contributed by atoms with E-state index >= 15 is 0 Å².